The molecule has 0 fully saturated rings. The second-order valence-corrected chi connectivity index (χ2v) is 2.75. The van der Waals surface area contributed by atoms with Crippen molar-refractivity contribution in [1.29, 1.82) is 0 Å². The molecule has 0 bridgehead atoms. The Balaban J connectivity index is 2.34. The third-order valence-corrected chi connectivity index (χ3v) is 1.86. The largest absolute Gasteiger partial charge is 0.475 e. The number of benzene rings is 1. The van der Waals surface area contributed by atoms with Gasteiger partial charge in [0, 0.05) is 12.1 Å². The molecule has 0 aromatic heterocycles. The topological polar surface area (TPSA) is 21.3 Å². The minimum atomic E-state index is 0.143. The van der Waals surface area contributed by atoms with Gasteiger partial charge in [-0.25, -0.2) is 0 Å². The number of ether oxygens (including phenoxy) is 1. The average Bonchev–Trinajstić information content (AvgIpc) is 2.04. The van der Waals surface area contributed by atoms with Gasteiger partial charge in [-0.15, -0.1) is 0 Å². The van der Waals surface area contributed by atoms with E-state index in [9.17, 15) is 0 Å². The molecule has 1 heterocycles. The third-order valence-electron chi connectivity index (χ3n) is 1.86. The van der Waals surface area contributed by atoms with Crippen molar-refractivity contribution in [3.8, 4) is 5.75 Å². The van der Waals surface area contributed by atoms with Gasteiger partial charge in [-0.3, -0.25) is 5.32 Å². The fourth-order valence-electron chi connectivity index (χ4n) is 1.25. The predicted octanol–water partition coefficient (Wildman–Crippen LogP) is 1.51. The van der Waals surface area contributed by atoms with Crippen molar-refractivity contribution in [2.75, 3.05) is 0 Å². The van der Waals surface area contributed by atoms with Crippen molar-refractivity contribution in [1.82, 2.24) is 5.32 Å². The van der Waals surface area contributed by atoms with E-state index in [2.05, 4.69) is 11.4 Å². The number of fused-ring (bicyclic) bond motifs is 1. The molecule has 1 unspecified atom stereocenters. The summed E-state index contributed by atoms with van der Waals surface area (Å²) in [6.07, 6.45) is 0.143. The van der Waals surface area contributed by atoms with E-state index < -0.39 is 0 Å². The second kappa shape index (κ2) is 2.55. The summed E-state index contributed by atoms with van der Waals surface area (Å²) in [5, 5.41) is 3.22. The third kappa shape index (κ3) is 1.21. The number of para-hydroxylation sites is 1. The maximum atomic E-state index is 5.52. The molecule has 1 atom stereocenters. The van der Waals surface area contributed by atoms with E-state index in [0.717, 1.165) is 12.3 Å². The van der Waals surface area contributed by atoms with Gasteiger partial charge in [0.15, 0.2) is 0 Å². The molecular formula is C9H11NO. The smallest absolute Gasteiger partial charge is 0.147 e. The number of rotatable bonds is 0. The standard InChI is InChI=1S/C9H11NO/c1-7-10-6-8-4-2-3-5-9(8)11-7/h2-5,7,10H,6H2,1H3. The van der Waals surface area contributed by atoms with Crippen molar-refractivity contribution in [2.24, 2.45) is 0 Å². The Kier molecular flexibility index (Phi) is 1.55. The van der Waals surface area contributed by atoms with E-state index in [1.165, 1.54) is 5.56 Å². The minimum absolute atomic E-state index is 0.143. The molecule has 11 heavy (non-hydrogen) atoms. The van der Waals surface area contributed by atoms with Gasteiger partial charge < -0.3 is 4.74 Å². The molecule has 58 valence electrons. The molecule has 0 spiro atoms. The lowest BCUT2D eigenvalue weighted by molar-refractivity contribution is 0.160. The summed E-state index contributed by atoms with van der Waals surface area (Å²) in [6, 6.07) is 8.11. The van der Waals surface area contributed by atoms with Crippen LogP contribution >= 0.6 is 0 Å². The van der Waals surface area contributed by atoms with Gasteiger partial charge in [0.25, 0.3) is 0 Å². The summed E-state index contributed by atoms with van der Waals surface area (Å²) >= 11 is 0. The van der Waals surface area contributed by atoms with Crippen LogP contribution in [0.3, 0.4) is 0 Å². The Morgan fingerprint density at radius 3 is 3.18 bits per heavy atom. The number of nitrogens with one attached hydrogen (secondary N) is 1. The lowest BCUT2D eigenvalue weighted by Gasteiger charge is -2.24. The summed E-state index contributed by atoms with van der Waals surface area (Å²) in [6.45, 7) is 2.92. The lowest BCUT2D eigenvalue weighted by Crippen LogP contribution is -2.35. The first-order chi connectivity index (χ1) is 5.36. The fraction of sp³-hybridized carbons (Fsp3) is 0.333. The fourth-order valence-corrected chi connectivity index (χ4v) is 1.25. The predicted molar refractivity (Wildman–Crippen MR) is 43.4 cm³/mol. The van der Waals surface area contributed by atoms with Crippen LogP contribution in [0, 0.1) is 0 Å². The van der Waals surface area contributed by atoms with E-state index in [1.807, 2.05) is 25.1 Å². The van der Waals surface area contributed by atoms with Crippen molar-refractivity contribution < 1.29 is 4.74 Å². The minimum Gasteiger partial charge on any atom is -0.475 e. The average molecular weight is 149 g/mol. The van der Waals surface area contributed by atoms with Crippen LogP contribution in [0.1, 0.15) is 12.5 Å². The Morgan fingerprint density at radius 1 is 1.45 bits per heavy atom. The van der Waals surface area contributed by atoms with Gasteiger partial charge in [-0.05, 0) is 13.0 Å². The molecule has 0 amide bonds. The zero-order chi connectivity index (χ0) is 7.68. The van der Waals surface area contributed by atoms with E-state index in [1.54, 1.807) is 0 Å². The first-order valence-corrected chi connectivity index (χ1v) is 3.84. The van der Waals surface area contributed by atoms with Crippen LogP contribution in [0.2, 0.25) is 0 Å². The van der Waals surface area contributed by atoms with Crippen molar-refractivity contribution in [2.45, 2.75) is 19.7 Å². The second-order valence-electron chi connectivity index (χ2n) is 2.75. The number of hydrogen-bond acceptors (Lipinski definition) is 2. The van der Waals surface area contributed by atoms with Crippen molar-refractivity contribution in [3.05, 3.63) is 29.8 Å². The van der Waals surface area contributed by atoms with Gasteiger partial charge >= 0.3 is 0 Å². The molecule has 1 aliphatic heterocycles. The van der Waals surface area contributed by atoms with Gasteiger partial charge in [0.2, 0.25) is 0 Å². The molecular weight excluding hydrogens is 138 g/mol. The van der Waals surface area contributed by atoms with E-state index in [-0.39, 0.29) is 6.23 Å². The summed E-state index contributed by atoms with van der Waals surface area (Å²) in [4.78, 5) is 0. The molecule has 1 aromatic rings. The summed E-state index contributed by atoms with van der Waals surface area (Å²) in [5.74, 6) is 1.01. The first-order valence-electron chi connectivity index (χ1n) is 3.84. The van der Waals surface area contributed by atoms with E-state index >= 15 is 0 Å². The molecule has 0 saturated carbocycles. The zero-order valence-electron chi connectivity index (χ0n) is 6.50. The van der Waals surface area contributed by atoms with Crippen LogP contribution in [-0.2, 0) is 6.54 Å². The van der Waals surface area contributed by atoms with Crippen molar-refractivity contribution in [3.63, 3.8) is 0 Å². The SMILES string of the molecule is CC1NCc2ccccc2O1. The molecule has 1 N–H and O–H groups in total. The molecule has 2 rings (SSSR count). The molecule has 2 heteroatoms. The van der Waals surface area contributed by atoms with Crippen molar-refractivity contribution >= 4 is 0 Å². The highest BCUT2D eigenvalue weighted by Crippen LogP contribution is 2.21. The molecule has 0 aliphatic carbocycles. The monoisotopic (exact) mass is 149 g/mol. The molecule has 2 nitrogen and oxygen atoms in total. The highest BCUT2D eigenvalue weighted by molar-refractivity contribution is 5.34. The maximum Gasteiger partial charge on any atom is 0.147 e. The van der Waals surface area contributed by atoms with Crippen LogP contribution in [0.4, 0.5) is 0 Å². The maximum absolute atomic E-state index is 5.52. The molecule has 1 aromatic carbocycles. The summed E-state index contributed by atoms with van der Waals surface area (Å²) in [7, 11) is 0. The highest BCUT2D eigenvalue weighted by Gasteiger charge is 2.12. The van der Waals surface area contributed by atoms with Crippen LogP contribution in [0.25, 0.3) is 0 Å². The van der Waals surface area contributed by atoms with Crippen LogP contribution in [0.5, 0.6) is 5.75 Å². The zero-order valence-corrected chi connectivity index (χ0v) is 6.50. The van der Waals surface area contributed by atoms with E-state index in [4.69, 9.17) is 4.74 Å². The summed E-state index contributed by atoms with van der Waals surface area (Å²) in [5.41, 5.74) is 1.24. The Morgan fingerprint density at radius 2 is 2.27 bits per heavy atom. The number of hydrogen-bond donors (Lipinski definition) is 1. The Labute approximate surface area is 66.2 Å². The molecule has 0 radical (unpaired) electrons. The lowest BCUT2D eigenvalue weighted by atomic mass is 10.2. The molecule has 1 aliphatic rings. The quantitative estimate of drug-likeness (QED) is 0.603. The van der Waals surface area contributed by atoms with Gasteiger partial charge in [0.05, 0.1) is 0 Å². The van der Waals surface area contributed by atoms with Crippen LogP contribution in [-0.4, -0.2) is 6.23 Å². The molecule has 0 saturated heterocycles. The van der Waals surface area contributed by atoms with Crippen LogP contribution < -0.4 is 10.1 Å². The Bertz CT molecular complexity index is 259. The summed E-state index contributed by atoms with van der Waals surface area (Å²) < 4.78 is 5.52. The van der Waals surface area contributed by atoms with Gasteiger partial charge in [-0.1, -0.05) is 18.2 Å². The van der Waals surface area contributed by atoms with Crippen LogP contribution in [0.15, 0.2) is 24.3 Å². The Hall–Kier alpha value is -1.02. The van der Waals surface area contributed by atoms with Gasteiger partial charge in [-0.2, -0.15) is 0 Å². The normalized spacial score (nSPS) is 22.1. The van der Waals surface area contributed by atoms with Gasteiger partial charge in [0.1, 0.15) is 12.0 Å². The first kappa shape index (κ1) is 6.68. The van der Waals surface area contributed by atoms with E-state index in [0.29, 0.717) is 0 Å². The highest BCUT2D eigenvalue weighted by atomic mass is 16.5.